The average Bonchev–Trinajstić information content (AvgIpc) is 2.53. The van der Waals surface area contributed by atoms with E-state index in [0.717, 1.165) is 45.7 Å². The number of carbonyl (C=O) groups is 1. The topological polar surface area (TPSA) is 36.0 Å². The Morgan fingerprint density at radius 1 is 1.04 bits per heavy atom. The molecule has 2 aliphatic rings. The van der Waals surface area contributed by atoms with Gasteiger partial charge in [-0.25, -0.2) is 4.79 Å². The van der Waals surface area contributed by atoms with Crippen LogP contribution in [0.5, 0.6) is 0 Å². The summed E-state index contributed by atoms with van der Waals surface area (Å²) in [6.07, 6.45) is 3.27. The third-order valence-electron chi connectivity index (χ3n) is 4.80. The van der Waals surface area contributed by atoms with E-state index in [0.29, 0.717) is 6.04 Å². The van der Waals surface area contributed by atoms with Crippen molar-refractivity contribution in [2.45, 2.75) is 58.6 Å². The molecular weight excluding hydrogens is 290 g/mol. The lowest BCUT2D eigenvalue weighted by molar-refractivity contribution is 0.00662. The quantitative estimate of drug-likeness (QED) is 0.800. The maximum absolute atomic E-state index is 12.1. The van der Waals surface area contributed by atoms with E-state index in [4.69, 9.17) is 4.74 Å². The zero-order valence-corrected chi connectivity index (χ0v) is 15.3. The van der Waals surface area contributed by atoms with Crippen LogP contribution in [0.15, 0.2) is 12.3 Å². The van der Waals surface area contributed by atoms with Crippen LogP contribution in [-0.2, 0) is 4.74 Å². The number of allylic oxidation sites excluding steroid dienone is 1. The number of carbonyl (C=O) groups excluding carboxylic acids is 1. The molecule has 132 valence electrons. The molecule has 0 aromatic heterocycles. The molecule has 5 heteroatoms. The van der Waals surface area contributed by atoms with Crippen molar-refractivity contribution in [3.8, 4) is 0 Å². The third-order valence-corrected chi connectivity index (χ3v) is 4.80. The number of ether oxygens (including phenoxy) is 1. The van der Waals surface area contributed by atoms with Gasteiger partial charge in [0.25, 0.3) is 0 Å². The van der Waals surface area contributed by atoms with E-state index in [2.05, 4.69) is 23.3 Å². The van der Waals surface area contributed by atoms with E-state index in [1.165, 1.54) is 18.5 Å². The van der Waals surface area contributed by atoms with Crippen LogP contribution in [0.3, 0.4) is 0 Å². The molecule has 0 aromatic carbocycles. The number of nitrogens with zero attached hydrogens (tertiary/aromatic N) is 3. The molecule has 2 heterocycles. The van der Waals surface area contributed by atoms with Crippen molar-refractivity contribution >= 4 is 6.09 Å². The van der Waals surface area contributed by atoms with Crippen LogP contribution in [0.4, 0.5) is 4.79 Å². The Kier molecular flexibility index (Phi) is 5.95. The van der Waals surface area contributed by atoms with Crippen molar-refractivity contribution in [2.24, 2.45) is 0 Å². The highest BCUT2D eigenvalue weighted by molar-refractivity contribution is 5.68. The highest BCUT2D eigenvalue weighted by Gasteiger charge is 2.30. The van der Waals surface area contributed by atoms with Crippen molar-refractivity contribution < 1.29 is 9.53 Å². The van der Waals surface area contributed by atoms with Gasteiger partial charge in [-0.2, -0.15) is 0 Å². The molecule has 23 heavy (non-hydrogen) atoms. The molecule has 0 saturated carbocycles. The Bertz CT molecular complexity index is 414. The molecule has 0 N–H and O–H groups in total. The molecule has 2 rings (SSSR count). The van der Waals surface area contributed by atoms with Crippen LogP contribution in [0.25, 0.3) is 0 Å². The molecule has 5 nitrogen and oxygen atoms in total. The van der Waals surface area contributed by atoms with Gasteiger partial charge in [0.2, 0.25) is 0 Å². The largest absolute Gasteiger partial charge is 0.444 e. The Labute approximate surface area is 141 Å². The number of piperidine rings is 1. The van der Waals surface area contributed by atoms with Crippen molar-refractivity contribution in [3.05, 3.63) is 12.3 Å². The molecule has 0 aliphatic carbocycles. The monoisotopic (exact) mass is 323 g/mol. The van der Waals surface area contributed by atoms with Gasteiger partial charge in [-0.1, -0.05) is 13.5 Å². The minimum atomic E-state index is -0.414. The second-order valence-electron chi connectivity index (χ2n) is 7.64. The SMILES string of the molecule is C=C(CC)N1CCC(N2CCN(C(=O)OC(C)(C)C)CC2)CC1. The summed E-state index contributed by atoms with van der Waals surface area (Å²) in [6, 6.07) is 0.650. The van der Waals surface area contributed by atoms with Gasteiger partial charge in [0.15, 0.2) is 0 Å². The van der Waals surface area contributed by atoms with Crippen LogP contribution in [0.1, 0.15) is 47.0 Å². The number of likely N-dealkylation sites (tertiary alicyclic amines) is 1. The Balaban J connectivity index is 1.75. The van der Waals surface area contributed by atoms with Gasteiger partial charge in [-0.05, 0) is 40.0 Å². The molecule has 2 saturated heterocycles. The number of piperazine rings is 1. The van der Waals surface area contributed by atoms with Gasteiger partial charge in [0.1, 0.15) is 5.60 Å². The summed E-state index contributed by atoms with van der Waals surface area (Å²) in [5.74, 6) is 0. The van der Waals surface area contributed by atoms with Gasteiger partial charge in [0, 0.05) is 51.0 Å². The van der Waals surface area contributed by atoms with E-state index in [-0.39, 0.29) is 6.09 Å². The summed E-state index contributed by atoms with van der Waals surface area (Å²) in [7, 11) is 0. The zero-order chi connectivity index (χ0) is 17.0. The fourth-order valence-electron chi connectivity index (χ4n) is 3.37. The maximum Gasteiger partial charge on any atom is 0.410 e. The summed E-state index contributed by atoms with van der Waals surface area (Å²) >= 11 is 0. The van der Waals surface area contributed by atoms with E-state index >= 15 is 0 Å². The van der Waals surface area contributed by atoms with Gasteiger partial charge in [0.05, 0.1) is 0 Å². The van der Waals surface area contributed by atoms with Crippen LogP contribution in [0, 0.1) is 0 Å². The van der Waals surface area contributed by atoms with Crippen molar-refractivity contribution in [3.63, 3.8) is 0 Å². The Morgan fingerprint density at radius 2 is 1.61 bits per heavy atom. The van der Waals surface area contributed by atoms with Gasteiger partial charge in [-0.15, -0.1) is 0 Å². The molecule has 0 aromatic rings. The molecule has 2 fully saturated rings. The molecule has 0 atom stereocenters. The summed E-state index contributed by atoms with van der Waals surface area (Å²) < 4.78 is 5.46. The highest BCUT2D eigenvalue weighted by atomic mass is 16.6. The smallest absolute Gasteiger partial charge is 0.410 e. The lowest BCUT2D eigenvalue weighted by Gasteiger charge is -2.43. The Morgan fingerprint density at radius 3 is 2.09 bits per heavy atom. The Hall–Kier alpha value is -1.23. The lowest BCUT2D eigenvalue weighted by Crippen LogP contribution is -2.54. The standard InChI is InChI=1S/C18H33N3O2/c1-6-15(2)19-9-7-16(8-10-19)20-11-13-21(14-12-20)17(22)23-18(3,4)5/h16H,2,6-14H2,1,3-5H3. The molecule has 0 bridgehead atoms. The molecular formula is C18H33N3O2. The van der Waals surface area contributed by atoms with Crippen molar-refractivity contribution in [1.82, 2.24) is 14.7 Å². The summed E-state index contributed by atoms with van der Waals surface area (Å²) in [5.41, 5.74) is 0.848. The fourth-order valence-corrected chi connectivity index (χ4v) is 3.37. The van der Waals surface area contributed by atoms with Crippen LogP contribution in [-0.4, -0.2) is 71.7 Å². The first-order chi connectivity index (χ1) is 10.8. The number of amides is 1. The average molecular weight is 323 g/mol. The fraction of sp³-hybridized carbons (Fsp3) is 0.833. The number of hydrogen-bond acceptors (Lipinski definition) is 4. The predicted molar refractivity (Wildman–Crippen MR) is 93.4 cm³/mol. The molecule has 0 unspecified atom stereocenters. The molecule has 1 amide bonds. The normalized spacial score (nSPS) is 21.4. The number of hydrogen-bond donors (Lipinski definition) is 0. The highest BCUT2D eigenvalue weighted by Crippen LogP contribution is 2.22. The summed E-state index contributed by atoms with van der Waals surface area (Å²) in [4.78, 5) is 18.9. The van der Waals surface area contributed by atoms with E-state index in [1.54, 1.807) is 0 Å². The molecule has 0 spiro atoms. The first-order valence-electron chi connectivity index (χ1n) is 8.95. The van der Waals surface area contributed by atoms with Crippen molar-refractivity contribution in [2.75, 3.05) is 39.3 Å². The summed E-state index contributed by atoms with van der Waals surface area (Å²) in [5, 5.41) is 0. The van der Waals surface area contributed by atoms with Crippen LogP contribution in [0.2, 0.25) is 0 Å². The summed E-state index contributed by atoms with van der Waals surface area (Å²) in [6.45, 7) is 17.8. The van der Waals surface area contributed by atoms with Crippen LogP contribution >= 0.6 is 0 Å². The van der Waals surface area contributed by atoms with Crippen LogP contribution < -0.4 is 0 Å². The number of rotatable bonds is 3. The third kappa shape index (κ3) is 5.13. The maximum atomic E-state index is 12.1. The second kappa shape index (κ2) is 7.56. The van der Waals surface area contributed by atoms with Gasteiger partial charge >= 0.3 is 6.09 Å². The van der Waals surface area contributed by atoms with E-state index in [1.807, 2.05) is 25.7 Å². The van der Waals surface area contributed by atoms with E-state index in [9.17, 15) is 4.79 Å². The lowest BCUT2D eigenvalue weighted by atomic mass is 10.0. The van der Waals surface area contributed by atoms with E-state index < -0.39 is 5.60 Å². The zero-order valence-electron chi connectivity index (χ0n) is 15.3. The minimum absolute atomic E-state index is 0.175. The van der Waals surface area contributed by atoms with Gasteiger partial charge in [-0.3, -0.25) is 4.90 Å². The minimum Gasteiger partial charge on any atom is -0.444 e. The molecule has 0 radical (unpaired) electrons. The first kappa shape index (κ1) is 18.1. The first-order valence-corrected chi connectivity index (χ1v) is 8.95. The second-order valence-corrected chi connectivity index (χ2v) is 7.64. The van der Waals surface area contributed by atoms with Crippen molar-refractivity contribution in [1.29, 1.82) is 0 Å². The predicted octanol–water partition coefficient (Wildman–Crippen LogP) is 2.93. The van der Waals surface area contributed by atoms with Gasteiger partial charge < -0.3 is 14.5 Å². The molecule has 2 aliphatic heterocycles.